The summed E-state index contributed by atoms with van der Waals surface area (Å²) in [5, 5.41) is 0. The second-order valence-electron chi connectivity index (χ2n) is 5.28. The molecule has 1 aromatic rings. The van der Waals surface area contributed by atoms with Gasteiger partial charge in [0.05, 0.1) is 17.7 Å². The molecule has 0 bridgehead atoms. The van der Waals surface area contributed by atoms with Crippen LogP contribution >= 0.6 is 0 Å². The molecule has 6 heteroatoms. The van der Waals surface area contributed by atoms with E-state index >= 15 is 0 Å². The van der Waals surface area contributed by atoms with E-state index in [0.717, 1.165) is 25.7 Å². The molecule has 1 aliphatic rings. The van der Waals surface area contributed by atoms with Crippen LogP contribution < -0.4 is 15.2 Å². The van der Waals surface area contributed by atoms with Crippen molar-refractivity contribution >= 4 is 15.7 Å². The first kappa shape index (κ1) is 14.1. The molecule has 2 rings (SSSR count). The molecule has 1 fully saturated rings. The zero-order chi connectivity index (χ0) is 14.1. The molecule has 106 valence electrons. The maximum Gasteiger partial charge on any atom is 0.241 e. The van der Waals surface area contributed by atoms with Gasteiger partial charge < -0.3 is 10.5 Å². The molecule has 5 nitrogen and oxygen atoms in total. The number of nitrogens with one attached hydrogen (secondary N) is 1. The lowest BCUT2D eigenvalue weighted by Gasteiger charge is -2.25. The van der Waals surface area contributed by atoms with Gasteiger partial charge in [0.2, 0.25) is 10.0 Å². The van der Waals surface area contributed by atoms with Gasteiger partial charge in [0.25, 0.3) is 0 Å². The molecule has 3 N–H and O–H groups in total. The number of hydrogen-bond acceptors (Lipinski definition) is 4. The second-order valence-corrected chi connectivity index (χ2v) is 6.96. The predicted octanol–water partition coefficient (Wildman–Crippen LogP) is 1.89. The number of ether oxygens (including phenoxy) is 1. The van der Waals surface area contributed by atoms with Crippen LogP contribution in [-0.4, -0.2) is 21.1 Å². The zero-order valence-corrected chi connectivity index (χ0v) is 12.1. The monoisotopic (exact) mass is 284 g/mol. The first-order valence-electron chi connectivity index (χ1n) is 6.34. The van der Waals surface area contributed by atoms with Crippen LogP contribution in [0.3, 0.4) is 0 Å². The van der Waals surface area contributed by atoms with E-state index in [-0.39, 0.29) is 10.4 Å². The van der Waals surface area contributed by atoms with E-state index in [1.165, 1.54) is 19.2 Å². The highest BCUT2D eigenvalue weighted by Crippen LogP contribution is 2.31. The van der Waals surface area contributed by atoms with Crippen molar-refractivity contribution in [3.8, 4) is 5.75 Å². The van der Waals surface area contributed by atoms with Crippen LogP contribution in [0.15, 0.2) is 23.1 Å². The molecule has 0 amide bonds. The summed E-state index contributed by atoms with van der Waals surface area (Å²) in [7, 11) is -2.07. The molecule has 0 spiro atoms. The Labute approximate surface area is 114 Å². The normalized spacial score (nSPS) is 18.4. The maximum atomic E-state index is 12.4. The molecule has 1 aliphatic carbocycles. The SMILES string of the molecule is COc1cc(S(=O)(=O)NC2(C)CCCC2)ccc1N. The zero-order valence-electron chi connectivity index (χ0n) is 11.3. The van der Waals surface area contributed by atoms with Crippen molar-refractivity contribution in [3.63, 3.8) is 0 Å². The fraction of sp³-hybridized carbons (Fsp3) is 0.538. The topological polar surface area (TPSA) is 81.4 Å². The minimum atomic E-state index is -3.54. The molecule has 1 aromatic carbocycles. The van der Waals surface area contributed by atoms with Gasteiger partial charge in [-0.25, -0.2) is 13.1 Å². The molecule has 19 heavy (non-hydrogen) atoms. The molecular weight excluding hydrogens is 264 g/mol. The highest BCUT2D eigenvalue weighted by atomic mass is 32.2. The van der Waals surface area contributed by atoms with Crippen LogP contribution in [0.25, 0.3) is 0 Å². The number of benzene rings is 1. The quantitative estimate of drug-likeness (QED) is 0.827. The van der Waals surface area contributed by atoms with E-state index in [1.54, 1.807) is 6.07 Å². The standard InChI is InChI=1S/C13H20N2O3S/c1-13(7-3-4-8-13)15-19(16,17)10-5-6-11(14)12(9-10)18-2/h5-6,9,15H,3-4,7-8,14H2,1-2H3. The highest BCUT2D eigenvalue weighted by molar-refractivity contribution is 7.89. The van der Waals surface area contributed by atoms with Crippen LogP contribution in [0, 0.1) is 0 Å². The largest absolute Gasteiger partial charge is 0.495 e. The Morgan fingerprint density at radius 2 is 1.95 bits per heavy atom. The summed E-state index contributed by atoms with van der Waals surface area (Å²) >= 11 is 0. The number of anilines is 1. The minimum absolute atomic E-state index is 0.187. The Kier molecular flexibility index (Phi) is 3.73. The van der Waals surface area contributed by atoms with Gasteiger partial charge in [-0.15, -0.1) is 0 Å². The number of rotatable bonds is 4. The maximum absolute atomic E-state index is 12.4. The van der Waals surface area contributed by atoms with Gasteiger partial charge in [-0.1, -0.05) is 12.8 Å². The van der Waals surface area contributed by atoms with Crippen LogP contribution in [0.4, 0.5) is 5.69 Å². The number of nitrogens with two attached hydrogens (primary N) is 1. The fourth-order valence-corrected chi connectivity index (χ4v) is 3.98. The van der Waals surface area contributed by atoms with Crippen LogP contribution in [-0.2, 0) is 10.0 Å². The number of sulfonamides is 1. The summed E-state index contributed by atoms with van der Waals surface area (Å²) in [5.74, 6) is 0.374. The van der Waals surface area contributed by atoms with Crippen LogP contribution in [0.5, 0.6) is 5.75 Å². The molecule has 0 radical (unpaired) electrons. The Balaban J connectivity index is 2.29. The fourth-order valence-electron chi connectivity index (χ4n) is 2.50. The minimum Gasteiger partial charge on any atom is -0.495 e. The Morgan fingerprint density at radius 1 is 1.32 bits per heavy atom. The van der Waals surface area contributed by atoms with E-state index in [2.05, 4.69) is 4.72 Å². The van der Waals surface area contributed by atoms with E-state index in [1.807, 2.05) is 6.92 Å². The third kappa shape index (κ3) is 3.01. The van der Waals surface area contributed by atoms with E-state index in [4.69, 9.17) is 10.5 Å². The number of methoxy groups -OCH3 is 1. The third-order valence-corrected chi connectivity index (χ3v) is 5.24. The van der Waals surface area contributed by atoms with Gasteiger partial charge in [-0.05, 0) is 31.9 Å². The van der Waals surface area contributed by atoms with Gasteiger partial charge in [0, 0.05) is 11.6 Å². The predicted molar refractivity (Wildman–Crippen MR) is 74.6 cm³/mol. The van der Waals surface area contributed by atoms with E-state index in [9.17, 15) is 8.42 Å². The van der Waals surface area contributed by atoms with Crippen LogP contribution in [0.1, 0.15) is 32.6 Å². The first-order chi connectivity index (χ1) is 8.86. The van der Waals surface area contributed by atoms with Crippen molar-refractivity contribution in [2.24, 2.45) is 0 Å². The lowest BCUT2D eigenvalue weighted by atomic mass is 10.0. The molecular formula is C13H20N2O3S. The lowest BCUT2D eigenvalue weighted by molar-refractivity contribution is 0.414. The Morgan fingerprint density at radius 3 is 2.53 bits per heavy atom. The summed E-state index contributed by atoms with van der Waals surface area (Å²) < 4.78 is 32.6. The van der Waals surface area contributed by atoms with Gasteiger partial charge in [-0.3, -0.25) is 0 Å². The first-order valence-corrected chi connectivity index (χ1v) is 7.82. The third-order valence-electron chi connectivity index (χ3n) is 3.60. The van der Waals surface area contributed by atoms with Crippen molar-refractivity contribution in [2.45, 2.75) is 43.0 Å². The summed E-state index contributed by atoms with van der Waals surface area (Å²) in [6, 6.07) is 4.50. The van der Waals surface area contributed by atoms with Gasteiger partial charge >= 0.3 is 0 Å². The molecule has 1 saturated carbocycles. The van der Waals surface area contributed by atoms with E-state index in [0.29, 0.717) is 11.4 Å². The molecule has 0 aliphatic heterocycles. The number of hydrogen-bond donors (Lipinski definition) is 2. The molecule has 0 saturated heterocycles. The van der Waals surface area contributed by atoms with Crippen molar-refractivity contribution in [3.05, 3.63) is 18.2 Å². The smallest absolute Gasteiger partial charge is 0.241 e. The van der Waals surface area contributed by atoms with Crippen molar-refractivity contribution in [1.29, 1.82) is 0 Å². The molecule has 0 atom stereocenters. The molecule has 0 unspecified atom stereocenters. The van der Waals surface area contributed by atoms with Crippen LogP contribution in [0.2, 0.25) is 0 Å². The summed E-state index contributed by atoms with van der Waals surface area (Å²) in [6.07, 6.45) is 3.87. The number of nitrogen functional groups attached to an aromatic ring is 1. The van der Waals surface area contributed by atoms with Crippen molar-refractivity contribution in [2.75, 3.05) is 12.8 Å². The summed E-state index contributed by atoms with van der Waals surface area (Å²) in [5.41, 5.74) is 5.78. The average Bonchev–Trinajstić information content (AvgIpc) is 2.75. The van der Waals surface area contributed by atoms with Gasteiger partial charge in [0.15, 0.2) is 0 Å². The Bertz CT molecular complexity index is 563. The highest BCUT2D eigenvalue weighted by Gasteiger charge is 2.33. The summed E-state index contributed by atoms with van der Waals surface area (Å²) in [4.78, 5) is 0.187. The lowest BCUT2D eigenvalue weighted by Crippen LogP contribution is -2.43. The Hall–Kier alpha value is -1.27. The van der Waals surface area contributed by atoms with E-state index < -0.39 is 10.0 Å². The van der Waals surface area contributed by atoms with Gasteiger partial charge in [-0.2, -0.15) is 0 Å². The van der Waals surface area contributed by atoms with Crippen molar-refractivity contribution < 1.29 is 13.2 Å². The molecule has 0 aromatic heterocycles. The average molecular weight is 284 g/mol. The molecule has 0 heterocycles. The summed E-state index contributed by atoms with van der Waals surface area (Å²) in [6.45, 7) is 1.95. The van der Waals surface area contributed by atoms with Crippen molar-refractivity contribution in [1.82, 2.24) is 4.72 Å². The van der Waals surface area contributed by atoms with Gasteiger partial charge in [0.1, 0.15) is 5.75 Å². The second kappa shape index (κ2) is 5.02.